The fraction of sp³-hybridized carbons (Fsp3) is 0.185. The third-order valence-corrected chi connectivity index (χ3v) is 6.38. The molecule has 0 aliphatic carbocycles. The van der Waals surface area contributed by atoms with Gasteiger partial charge in [0.1, 0.15) is 0 Å². The van der Waals surface area contributed by atoms with Crippen LogP contribution in [0.1, 0.15) is 25.1 Å². The minimum Gasteiger partial charge on any atom is -0.311 e. The van der Waals surface area contributed by atoms with Crippen molar-refractivity contribution in [2.45, 2.75) is 25.4 Å². The standard InChI is InChI=1S/C27H19F3N8/c1-26(2,14-31)23-7-5-19(12-35-23)38-24-20-9-16(17-8-18(11-33-10-17)27(28,29)30)4-6-21(20)34-13-22(24)37(3)25(38)36-15-32/h4-13H,1-3H3. The summed E-state index contributed by atoms with van der Waals surface area (Å²) in [5, 5.41) is 19.5. The molecule has 5 aromatic rings. The van der Waals surface area contributed by atoms with Crippen LogP contribution in [0.2, 0.25) is 0 Å². The highest BCUT2D eigenvalue weighted by Crippen LogP contribution is 2.34. The van der Waals surface area contributed by atoms with E-state index in [0.29, 0.717) is 50.1 Å². The molecule has 8 nitrogen and oxygen atoms in total. The van der Waals surface area contributed by atoms with Crippen molar-refractivity contribution in [2.75, 3.05) is 0 Å². The second-order valence-corrected chi connectivity index (χ2v) is 9.23. The summed E-state index contributed by atoms with van der Waals surface area (Å²) in [5.74, 6) is 0. The summed E-state index contributed by atoms with van der Waals surface area (Å²) < 4.78 is 43.4. The van der Waals surface area contributed by atoms with E-state index in [-0.39, 0.29) is 0 Å². The molecule has 0 N–H and O–H groups in total. The number of aryl methyl sites for hydroxylation is 1. The van der Waals surface area contributed by atoms with Crippen LogP contribution >= 0.6 is 0 Å². The number of hydrogen-bond donors (Lipinski definition) is 0. The van der Waals surface area contributed by atoms with Crippen molar-refractivity contribution in [3.63, 3.8) is 0 Å². The van der Waals surface area contributed by atoms with Crippen LogP contribution < -0.4 is 5.62 Å². The van der Waals surface area contributed by atoms with Crippen LogP contribution in [0.25, 0.3) is 38.8 Å². The molecule has 4 aromatic heterocycles. The van der Waals surface area contributed by atoms with E-state index >= 15 is 0 Å². The van der Waals surface area contributed by atoms with E-state index in [9.17, 15) is 23.7 Å². The van der Waals surface area contributed by atoms with Gasteiger partial charge in [0.2, 0.25) is 11.8 Å². The predicted octanol–water partition coefficient (Wildman–Crippen LogP) is 5.18. The van der Waals surface area contributed by atoms with Crippen molar-refractivity contribution in [2.24, 2.45) is 12.0 Å². The smallest absolute Gasteiger partial charge is 0.311 e. The van der Waals surface area contributed by atoms with Crippen LogP contribution in [0, 0.1) is 22.8 Å². The second kappa shape index (κ2) is 8.82. The minimum atomic E-state index is -4.52. The Morgan fingerprint density at radius 1 is 0.921 bits per heavy atom. The quantitative estimate of drug-likeness (QED) is 0.310. The average molecular weight is 512 g/mol. The van der Waals surface area contributed by atoms with Crippen LogP contribution in [0.5, 0.6) is 0 Å². The van der Waals surface area contributed by atoms with Gasteiger partial charge in [-0.2, -0.15) is 23.7 Å². The molecule has 38 heavy (non-hydrogen) atoms. The molecule has 0 radical (unpaired) electrons. The van der Waals surface area contributed by atoms with Crippen LogP contribution in [0.4, 0.5) is 13.2 Å². The Hall–Kier alpha value is -5.03. The topological polar surface area (TPSA) is 108 Å². The normalized spacial score (nSPS) is 12.6. The molecule has 5 rings (SSSR count). The van der Waals surface area contributed by atoms with Gasteiger partial charge in [-0.25, -0.2) is 0 Å². The highest BCUT2D eigenvalue weighted by atomic mass is 19.4. The van der Waals surface area contributed by atoms with Gasteiger partial charge >= 0.3 is 6.18 Å². The molecular formula is C27H19F3N8. The molecule has 0 bridgehead atoms. The Morgan fingerprint density at radius 2 is 1.71 bits per heavy atom. The first-order chi connectivity index (χ1) is 18.0. The lowest BCUT2D eigenvalue weighted by atomic mass is 9.91. The molecule has 188 valence electrons. The Kier molecular flexibility index (Phi) is 5.72. The van der Waals surface area contributed by atoms with Gasteiger partial charge in [0, 0.05) is 30.4 Å². The Balaban J connectivity index is 1.81. The number of aromatic nitrogens is 5. The Morgan fingerprint density at radius 3 is 2.37 bits per heavy atom. The van der Waals surface area contributed by atoms with Crippen LogP contribution in [-0.2, 0) is 18.6 Å². The zero-order chi connectivity index (χ0) is 27.2. The fourth-order valence-electron chi connectivity index (χ4n) is 4.30. The Labute approximate surface area is 214 Å². The maximum atomic E-state index is 13.3. The summed E-state index contributed by atoms with van der Waals surface area (Å²) in [6.45, 7) is 3.53. The molecular weight excluding hydrogens is 493 g/mol. The lowest BCUT2D eigenvalue weighted by Crippen LogP contribution is -2.23. The van der Waals surface area contributed by atoms with E-state index in [1.54, 1.807) is 72.8 Å². The highest BCUT2D eigenvalue weighted by molar-refractivity contribution is 6.04. The van der Waals surface area contributed by atoms with Crippen LogP contribution in [0.15, 0.2) is 66.2 Å². The average Bonchev–Trinajstić information content (AvgIpc) is 3.20. The number of alkyl halides is 3. The maximum absolute atomic E-state index is 13.3. The third kappa shape index (κ3) is 4.04. The van der Waals surface area contributed by atoms with Gasteiger partial charge in [-0.05, 0) is 49.7 Å². The van der Waals surface area contributed by atoms with Gasteiger partial charge in [-0.15, -0.1) is 4.99 Å². The zero-order valence-corrected chi connectivity index (χ0v) is 20.5. The van der Waals surface area contributed by atoms with Crippen molar-refractivity contribution in [3.05, 3.63) is 78.1 Å². The van der Waals surface area contributed by atoms with E-state index in [0.717, 1.165) is 12.3 Å². The van der Waals surface area contributed by atoms with Gasteiger partial charge in [0.15, 0.2) is 0 Å². The van der Waals surface area contributed by atoms with E-state index in [1.807, 2.05) is 6.19 Å². The fourth-order valence-corrected chi connectivity index (χ4v) is 4.30. The first-order valence-electron chi connectivity index (χ1n) is 11.4. The summed E-state index contributed by atoms with van der Waals surface area (Å²) in [6.07, 6.45) is 2.71. The predicted molar refractivity (Wildman–Crippen MR) is 133 cm³/mol. The number of pyridine rings is 3. The molecule has 0 spiro atoms. The summed E-state index contributed by atoms with van der Waals surface area (Å²) in [6, 6.07) is 12.0. The highest BCUT2D eigenvalue weighted by Gasteiger charge is 2.31. The molecule has 0 saturated carbocycles. The number of hydrogen-bond acceptors (Lipinski definition) is 6. The number of imidazole rings is 1. The van der Waals surface area contributed by atoms with Crippen LogP contribution in [0.3, 0.4) is 0 Å². The van der Waals surface area contributed by atoms with Gasteiger partial charge in [0.25, 0.3) is 0 Å². The summed E-state index contributed by atoms with van der Waals surface area (Å²) in [5.41, 5.74) is 2.52. The van der Waals surface area contributed by atoms with Gasteiger partial charge in [-0.1, -0.05) is 6.07 Å². The van der Waals surface area contributed by atoms with Gasteiger partial charge < -0.3 is 4.57 Å². The molecule has 0 amide bonds. The maximum Gasteiger partial charge on any atom is 0.417 e. The summed E-state index contributed by atoms with van der Waals surface area (Å²) >= 11 is 0. The zero-order valence-electron chi connectivity index (χ0n) is 20.5. The molecule has 11 heteroatoms. The van der Waals surface area contributed by atoms with E-state index in [4.69, 9.17) is 0 Å². The number of rotatable bonds is 3. The van der Waals surface area contributed by atoms with E-state index < -0.39 is 17.2 Å². The lowest BCUT2D eigenvalue weighted by Gasteiger charge is -2.15. The van der Waals surface area contributed by atoms with Crippen molar-refractivity contribution < 1.29 is 13.2 Å². The molecule has 0 aliphatic rings. The summed E-state index contributed by atoms with van der Waals surface area (Å²) in [7, 11) is 1.74. The minimum absolute atomic E-state index is 0.299. The molecule has 0 unspecified atom stereocenters. The summed E-state index contributed by atoms with van der Waals surface area (Å²) in [4.78, 5) is 16.8. The van der Waals surface area contributed by atoms with Crippen molar-refractivity contribution in [3.8, 4) is 29.1 Å². The number of halogens is 3. The SMILES string of the molecule is Cn1c(=NC#N)n(-c2ccc(C(C)(C)C#N)nc2)c2c3cc(-c4cncc(C(F)(F)F)c4)ccc3ncc21. The number of nitriles is 2. The number of fused-ring (bicyclic) bond motifs is 3. The van der Waals surface area contributed by atoms with Gasteiger partial charge in [-0.3, -0.25) is 19.5 Å². The van der Waals surface area contributed by atoms with E-state index in [1.165, 1.54) is 6.20 Å². The van der Waals surface area contributed by atoms with E-state index in [2.05, 4.69) is 26.0 Å². The van der Waals surface area contributed by atoms with Crippen molar-refractivity contribution in [1.82, 2.24) is 24.1 Å². The Bertz CT molecular complexity index is 1860. The molecule has 0 atom stereocenters. The second-order valence-electron chi connectivity index (χ2n) is 9.23. The largest absolute Gasteiger partial charge is 0.417 e. The molecule has 1 aromatic carbocycles. The third-order valence-electron chi connectivity index (χ3n) is 6.38. The molecule has 0 aliphatic heterocycles. The first-order valence-corrected chi connectivity index (χ1v) is 11.4. The van der Waals surface area contributed by atoms with Crippen LogP contribution in [-0.4, -0.2) is 24.1 Å². The first kappa shape index (κ1) is 24.7. The van der Waals surface area contributed by atoms with Crippen molar-refractivity contribution in [1.29, 1.82) is 10.5 Å². The molecule has 0 saturated heterocycles. The number of nitrogens with zero attached hydrogens (tertiary/aromatic N) is 8. The molecule has 4 heterocycles. The van der Waals surface area contributed by atoms with Gasteiger partial charge in [0.05, 0.1) is 57.4 Å². The molecule has 0 fully saturated rings. The monoisotopic (exact) mass is 512 g/mol. The lowest BCUT2D eigenvalue weighted by molar-refractivity contribution is -0.137. The number of benzene rings is 1. The van der Waals surface area contributed by atoms with Crippen molar-refractivity contribution >= 4 is 21.9 Å².